The van der Waals surface area contributed by atoms with Crippen molar-refractivity contribution >= 4 is 40.4 Å². The highest BCUT2D eigenvalue weighted by Crippen LogP contribution is 2.36. The molecule has 0 fully saturated rings. The fourth-order valence-electron chi connectivity index (χ4n) is 2.27. The Balaban J connectivity index is 2.06. The molecule has 23 heavy (non-hydrogen) atoms. The Morgan fingerprint density at radius 3 is 2.35 bits per heavy atom. The maximum Gasteiger partial charge on any atom is 0.195 e. The standard InChI is InChI=1S/C16H13ClN2O3S/c17-10-3-1-9(2-4-10)15(20)11-7-13-14(22-6-5-21-13)8-12(11)19-16(18)23/h1-4,7-8H,5-6H2,(H3,18,19,23). The van der Waals surface area contributed by atoms with Crippen molar-refractivity contribution in [3.8, 4) is 11.5 Å². The van der Waals surface area contributed by atoms with Gasteiger partial charge in [-0.25, -0.2) is 0 Å². The lowest BCUT2D eigenvalue weighted by molar-refractivity contribution is 0.103. The molecule has 1 aliphatic rings. The number of carbonyl (C=O) groups is 1. The Labute approximate surface area is 143 Å². The van der Waals surface area contributed by atoms with Crippen LogP contribution >= 0.6 is 23.8 Å². The van der Waals surface area contributed by atoms with Gasteiger partial charge in [0.25, 0.3) is 0 Å². The Kier molecular flexibility index (Phi) is 4.36. The summed E-state index contributed by atoms with van der Waals surface area (Å²) in [4.78, 5) is 12.8. The van der Waals surface area contributed by atoms with Gasteiger partial charge in [0.1, 0.15) is 13.2 Å². The molecule has 5 nitrogen and oxygen atoms in total. The van der Waals surface area contributed by atoms with Crippen LogP contribution in [0.4, 0.5) is 5.69 Å². The van der Waals surface area contributed by atoms with E-state index < -0.39 is 0 Å². The van der Waals surface area contributed by atoms with Crippen LogP contribution in [0.3, 0.4) is 0 Å². The second kappa shape index (κ2) is 6.44. The van der Waals surface area contributed by atoms with Gasteiger partial charge >= 0.3 is 0 Å². The van der Waals surface area contributed by atoms with Crippen LogP contribution in [0.5, 0.6) is 11.5 Å². The Hall–Kier alpha value is -2.31. The molecule has 3 N–H and O–H groups in total. The molecule has 0 bridgehead atoms. The number of hydrogen-bond donors (Lipinski definition) is 2. The molecule has 0 saturated carbocycles. The van der Waals surface area contributed by atoms with Crippen LogP contribution in [0, 0.1) is 0 Å². The maximum atomic E-state index is 12.8. The highest BCUT2D eigenvalue weighted by molar-refractivity contribution is 7.80. The van der Waals surface area contributed by atoms with Crippen LogP contribution in [0.15, 0.2) is 36.4 Å². The topological polar surface area (TPSA) is 73.6 Å². The summed E-state index contributed by atoms with van der Waals surface area (Å²) in [6.45, 7) is 0.883. The zero-order valence-corrected chi connectivity index (χ0v) is 13.5. The highest BCUT2D eigenvalue weighted by Gasteiger charge is 2.21. The summed E-state index contributed by atoms with van der Waals surface area (Å²) in [5.74, 6) is 0.863. The number of anilines is 1. The van der Waals surface area contributed by atoms with Crippen LogP contribution in [-0.4, -0.2) is 24.1 Å². The Bertz CT molecular complexity index is 778. The predicted molar refractivity (Wildman–Crippen MR) is 92.7 cm³/mol. The first-order valence-corrected chi connectivity index (χ1v) is 7.63. The first kappa shape index (κ1) is 15.6. The molecular formula is C16H13ClN2O3S. The van der Waals surface area contributed by atoms with Crippen molar-refractivity contribution in [2.24, 2.45) is 5.73 Å². The van der Waals surface area contributed by atoms with E-state index in [-0.39, 0.29) is 10.9 Å². The number of halogens is 1. The molecule has 0 radical (unpaired) electrons. The lowest BCUT2D eigenvalue weighted by atomic mass is 10.0. The highest BCUT2D eigenvalue weighted by atomic mass is 35.5. The normalized spacial score (nSPS) is 12.6. The van der Waals surface area contributed by atoms with Crippen LogP contribution in [0.1, 0.15) is 15.9 Å². The number of carbonyl (C=O) groups excluding carboxylic acids is 1. The van der Waals surface area contributed by atoms with Gasteiger partial charge in [0.05, 0.1) is 11.3 Å². The zero-order valence-electron chi connectivity index (χ0n) is 12.0. The molecule has 118 valence electrons. The summed E-state index contributed by atoms with van der Waals surface area (Å²) in [6.07, 6.45) is 0. The van der Waals surface area contributed by atoms with Crippen molar-refractivity contribution in [1.29, 1.82) is 0 Å². The lowest BCUT2D eigenvalue weighted by Gasteiger charge is -2.21. The van der Waals surface area contributed by atoms with Crippen LogP contribution in [0.2, 0.25) is 5.02 Å². The number of benzene rings is 2. The third kappa shape index (κ3) is 3.38. The van der Waals surface area contributed by atoms with E-state index in [0.29, 0.717) is 46.5 Å². The molecule has 0 spiro atoms. The summed E-state index contributed by atoms with van der Waals surface area (Å²) in [5.41, 5.74) is 6.91. The fraction of sp³-hybridized carbons (Fsp3) is 0.125. The Morgan fingerprint density at radius 1 is 1.13 bits per heavy atom. The van der Waals surface area contributed by atoms with Gasteiger partial charge in [0.15, 0.2) is 22.4 Å². The molecule has 1 aliphatic heterocycles. The third-order valence-corrected chi connectivity index (χ3v) is 3.65. The predicted octanol–water partition coefficient (Wildman–Crippen LogP) is 3.00. The van der Waals surface area contributed by atoms with E-state index in [1.807, 2.05) is 0 Å². The van der Waals surface area contributed by atoms with Crippen molar-refractivity contribution < 1.29 is 14.3 Å². The number of thiocarbonyl (C=S) groups is 1. The van der Waals surface area contributed by atoms with Crippen LogP contribution < -0.4 is 20.5 Å². The molecule has 3 rings (SSSR count). The molecule has 0 unspecified atom stereocenters. The number of ether oxygens (including phenoxy) is 2. The summed E-state index contributed by atoms with van der Waals surface area (Å²) in [6, 6.07) is 9.93. The molecule has 0 aliphatic carbocycles. The maximum absolute atomic E-state index is 12.8. The van der Waals surface area contributed by atoms with Gasteiger partial charge in [0.2, 0.25) is 0 Å². The minimum absolute atomic E-state index is 0.0619. The van der Waals surface area contributed by atoms with E-state index in [4.69, 9.17) is 39.0 Å². The second-order valence-electron chi connectivity index (χ2n) is 4.87. The van der Waals surface area contributed by atoms with Crippen molar-refractivity contribution in [1.82, 2.24) is 0 Å². The molecule has 0 aromatic heterocycles. The molecule has 2 aromatic rings. The molecule has 2 aromatic carbocycles. The number of nitrogens with one attached hydrogen (secondary N) is 1. The van der Waals surface area contributed by atoms with E-state index in [1.54, 1.807) is 36.4 Å². The SMILES string of the molecule is NC(=S)Nc1cc2c(cc1C(=O)c1ccc(Cl)cc1)OCCO2. The van der Waals surface area contributed by atoms with Gasteiger partial charge in [-0.2, -0.15) is 0 Å². The largest absolute Gasteiger partial charge is 0.486 e. The van der Waals surface area contributed by atoms with Gasteiger partial charge in [-0.15, -0.1) is 0 Å². The Morgan fingerprint density at radius 2 is 1.74 bits per heavy atom. The summed E-state index contributed by atoms with van der Waals surface area (Å²) >= 11 is 10.7. The van der Waals surface area contributed by atoms with Gasteiger partial charge in [-0.05, 0) is 42.5 Å². The first-order valence-electron chi connectivity index (χ1n) is 6.85. The van der Waals surface area contributed by atoms with E-state index in [0.717, 1.165) is 0 Å². The average molecular weight is 349 g/mol. The van der Waals surface area contributed by atoms with E-state index in [9.17, 15) is 4.79 Å². The minimum atomic E-state index is -0.197. The number of nitrogens with two attached hydrogens (primary N) is 1. The average Bonchev–Trinajstić information content (AvgIpc) is 2.54. The third-order valence-electron chi connectivity index (χ3n) is 3.29. The van der Waals surface area contributed by atoms with E-state index >= 15 is 0 Å². The van der Waals surface area contributed by atoms with E-state index in [1.165, 1.54) is 0 Å². The van der Waals surface area contributed by atoms with Crippen molar-refractivity contribution in [3.05, 3.63) is 52.5 Å². The lowest BCUT2D eigenvalue weighted by Crippen LogP contribution is -2.22. The van der Waals surface area contributed by atoms with Crippen LogP contribution in [-0.2, 0) is 0 Å². The number of ketones is 1. The van der Waals surface area contributed by atoms with Crippen molar-refractivity contribution in [2.75, 3.05) is 18.5 Å². The quantitative estimate of drug-likeness (QED) is 0.656. The summed E-state index contributed by atoms with van der Waals surface area (Å²) < 4.78 is 11.1. The number of fused-ring (bicyclic) bond motifs is 1. The molecule has 1 heterocycles. The zero-order chi connectivity index (χ0) is 16.4. The molecule has 0 amide bonds. The minimum Gasteiger partial charge on any atom is -0.486 e. The van der Waals surface area contributed by atoms with Gasteiger partial charge in [-0.1, -0.05) is 11.6 Å². The molecule has 0 atom stereocenters. The summed E-state index contributed by atoms with van der Waals surface area (Å²) in [7, 11) is 0. The van der Waals surface area contributed by atoms with Gasteiger partial charge in [-0.3, -0.25) is 4.79 Å². The molecule has 0 saturated heterocycles. The smallest absolute Gasteiger partial charge is 0.195 e. The van der Waals surface area contributed by atoms with Gasteiger partial charge in [0, 0.05) is 16.7 Å². The van der Waals surface area contributed by atoms with Crippen molar-refractivity contribution in [2.45, 2.75) is 0 Å². The fourth-order valence-corrected chi connectivity index (χ4v) is 2.51. The van der Waals surface area contributed by atoms with Crippen LogP contribution in [0.25, 0.3) is 0 Å². The monoisotopic (exact) mass is 348 g/mol. The second-order valence-corrected chi connectivity index (χ2v) is 5.74. The van der Waals surface area contributed by atoms with Gasteiger partial charge < -0.3 is 20.5 Å². The first-order chi connectivity index (χ1) is 11.0. The molecular weight excluding hydrogens is 336 g/mol. The number of rotatable bonds is 3. The van der Waals surface area contributed by atoms with Crippen molar-refractivity contribution in [3.63, 3.8) is 0 Å². The number of hydrogen-bond acceptors (Lipinski definition) is 4. The molecule has 7 heteroatoms. The summed E-state index contributed by atoms with van der Waals surface area (Å²) in [5, 5.41) is 3.43. The van der Waals surface area contributed by atoms with E-state index in [2.05, 4.69) is 5.32 Å².